The molecule has 0 aliphatic carbocycles. The molecule has 2 aromatic rings. The van der Waals surface area contributed by atoms with Gasteiger partial charge in [-0.2, -0.15) is 4.98 Å². The van der Waals surface area contributed by atoms with Gasteiger partial charge in [-0.3, -0.25) is 0 Å². The Morgan fingerprint density at radius 1 is 1.43 bits per heavy atom. The molecule has 0 amide bonds. The minimum atomic E-state index is 0.0230. The molecule has 1 N–H and O–H groups in total. The van der Waals surface area contributed by atoms with Crippen LogP contribution in [0.4, 0.5) is 5.82 Å². The number of hydrogen-bond acceptors (Lipinski definition) is 7. The lowest BCUT2D eigenvalue weighted by molar-refractivity contribution is -0.0367. The minimum absolute atomic E-state index is 0.0230. The van der Waals surface area contributed by atoms with Gasteiger partial charge >= 0.3 is 0 Å². The van der Waals surface area contributed by atoms with Crippen molar-refractivity contribution in [2.75, 3.05) is 25.6 Å². The number of nitrogens with one attached hydrogen (secondary N) is 1. The lowest BCUT2D eigenvalue weighted by Gasteiger charge is -2.31. The van der Waals surface area contributed by atoms with Crippen LogP contribution in [0.1, 0.15) is 12.2 Å². The molecule has 0 spiro atoms. The Kier molecular flexibility index (Phi) is 4.12. The lowest BCUT2D eigenvalue weighted by atomic mass is 10.1. The van der Waals surface area contributed by atoms with E-state index in [0.29, 0.717) is 18.3 Å². The Morgan fingerprint density at radius 3 is 3.10 bits per heavy atom. The molecule has 0 bridgehead atoms. The summed E-state index contributed by atoms with van der Waals surface area (Å²) in [4.78, 5) is 8.56. The van der Waals surface area contributed by atoms with Crippen LogP contribution in [0.3, 0.4) is 0 Å². The fourth-order valence-electron chi connectivity index (χ4n) is 2.36. The first-order valence-electron chi connectivity index (χ1n) is 6.90. The monoisotopic (exact) mass is 290 g/mol. The number of pyridine rings is 1. The highest BCUT2D eigenvalue weighted by atomic mass is 16.5. The normalized spacial score (nSPS) is 22.2. The highest BCUT2D eigenvalue weighted by Crippen LogP contribution is 2.21. The molecule has 2 aromatic heterocycles. The second kappa shape index (κ2) is 6.19. The molecule has 0 aromatic carbocycles. The van der Waals surface area contributed by atoms with Gasteiger partial charge in [0.2, 0.25) is 0 Å². The number of ether oxygens (including phenoxy) is 2. The van der Waals surface area contributed by atoms with Gasteiger partial charge in [-0.25, -0.2) is 4.98 Å². The first kappa shape index (κ1) is 14.0. The first-order chi connectivity index (χ1) is 10.3. The molecule has 7 nitrogen and oxygen atoms in total. The van der Waals surface area contributed by atoms with Gasteiger partial charge in [0.25, 0.3) is 5.89 Å². The van der Waals surface area contributed by atoms with E-state index in [9.17, 15) is 0 Å². The number of methoxy groups -OCH3 is 1. The molecule has 0 radical (unpaired) electrons. The van der Waals surface area contributed by atoms with Gasteiger partial charge in [0.15, 0.2) is 5.82 Å². The fraction of sp³-hybridized carbons (Fsp3) is 0.500. The Hall–Kier alpha value is -1.99. The zero-order valence-electron chi connectivity index (χ0n) is 12.1. The smallest absolute Gasteiger partial charge is 0.258 e. The molecule has 1 fully saturated rings. The number of nitrogens with zero attached hydrogens (tertiary/aromatic N) is 3. The summed E-state index contributed by atoms with van der Waals surface area (Å²) in [5.74, 6) is 1.87. The van der Waals surface area contributed by atoms with Crippen LogP contribution >= 0.6 is 0 Å². The highest BCUT2D eigenvalue weighted by molar-refractivity contribution is 5.58. The quantitative estimate of drug-likeness (QED) is 0.916. The van der Waals surface area contributed by atoms with Crippen LogP contribution in [-0.2, 0) is 9.47 Å². The van der Waals surface area contributed by atoms with Gasteiger partial charge in [-0.1, -0.05) is 5.16 Å². The summed E-state index contributed by atoms with van der Waals surface area (Å²) in [6, 6.07) is 3.92. The maximum atomic E-state index is 5.44. The topological polar surface area (TPSA) is 82.3 Å². The van der Waals surface area contributed by atoms with Gasteiger partial charge in [-0.05, 0) is 25.5 Å². The van der Waals surface area contributed by atoms with Crippen molar-refractivity contribution in [2.45, 2.75) is 25.5 Å². The summed E-state index contributed by atoms with van der Waals surface area (Å²) < 4.78 is 16.0. The van der Waals surface area contributed by atoms with Crippen molar-refractivity contribution in [3.63, 3.8) is 0 Å². The summed E-state index contributed by atoms with van der Waals surface area (Å²) in [6.45, 7) is 3.11. The fourth-order valence-corrected chi connectivity index (χ4v) is 2.36. The van der Waals surface area contributed by atoms with E-state index in [2.05, 4.69) is 20.4 Å². The predicted molar refractivity (Wildman–Crippen MR) is 75.9 cm³/mol. The van der Waals surface area contributed by atoms with Crippen LogP contribution < -0.4 is 5.32 Å². The van der Waals surface area contributed by atoms with Crippen molar-refractivity contribution in [3.8, 4) is 11.5 Å². The number of aromatic nitrogens is 3. The van der Waals surface area contributed by atoms with Crippen molar-refractivity contribution in [1.82, 2.24) is 15.1 Å². The van der Waals surface area contributed by atoms with Gasteiger partial charge in [0.05, 0.1) is 12.6 Å². The molecule has 3 rings (SSSR count). The SMILES string of the molecule is CO[C@H]1COCC[C@@H]1Nc1cc(-c2nc(C)no2)ccn1. The number of rotatable bonds is 4. The van der Waals surface area contributed by atoms with Gasteiger partial charge in [0.1, 0.15) is 11.9 Å². The number of aryl methyl sites for hydroxylation is 1. The average molecular weight is 290 g/mol. The van der Waals surface area contributed by atoms with E-state index in [1.807, 2.05) is 12.1 Å². The van der Waals surface area contributed by atoms with E-state index in [4.69, 9.17) is 14.0 Å². The first-order valence-corrected chi connectivity index (χ1v) is 6.90. The standard InChI is InChI=1S/C14H18N4O3/c1-9-16-14(21-18-9)10-3-5-15-13(7-10)17-11-4-6-20-8-12(11)19-2/h3,5,7,11-12H,4,6,8H2,1-2H3,(H,15,17)/t11-,12-/m0/s1. The van der Waals surface area contributed by atoms with Gasteiger partial charge < -0.3 is 19.3 Å². The number of anilines is 1. The van der Waals surface area contributed by atoms with E-state index < -0.39 is 0 Å². The molecular weight excluding hydrogens is 272 g/mol. The zero-order valence-corrected chi connectivity index (χ0v) is 12.1. The van der Waals surface area contributed by atoms with Crippen LogP contribution in [0, 0.1) is 6.92 Å². The Morgan fingerprint density at radius 2 is 2.33 bits per heavy atom. The van der Waals surface area contributed by atoms with Crippen LogP contribution in [-0.4, -0.2) is 47.6 Å². The Balaban J connectivity index is 1.76. The molecular formula is C14H18N4O3. The summed E-state index contributed by atoms with van der Waals surface area (Å²) in [6.07, 6.45) is 2.62. The second-order valence-corrected chi connectivity index (χ2v) is 4.97. The maximum Gasteiger partial charge on any atom is 0.258 e. The minimum Gasteiger partial charge on any atom is -0.379 e. The number of hydrogen-bond donors (Lipinski definition) is 1. The molecule has 1 aliphatic heterocycles. The zero-order chi connectivity index (χ0) is 14.7. The summed E-state index contributed by atoms with van der Waals surface area (Å²) in [7, 11) is 1.69. The molecule has 1 saturated heterocycles. The lowest BCUT2D eigenvalue weighted by Crippen LogP contribution is -2.43. The predicted octanol–water partition coefficient (Wildman–Crippen LogP) is 1.66. The summed E-state index contributed by atoms with van der Waals surface area (Å²) >= 11 is 0. The highest BCUT2D eigenvalue weighted by Gasteiger charge is 2.25. The molecule has 2 atom stereocenters. The van der Waals surface area contributed by atoms with Gasteiger partial charge in [0, 0.05) is 25.5 Å². The molecule has 21 heavy (non-hydrogen) atoms. The third-order valence-corrected chi connectivity index (χ3v) is 3.47. The molecule has 1 aliphatic rings. The third-order valence-electron chi connectivity index (χ3n) is 3.47. The molecule has 0 saturated carbocycles. The second-order valence-electron chi connectivity index (χ2n) is 4.97. The molecule has 3 heterocycles. The largest absolute Gasteiger partial charge is 0.379 e. The van der Waals surface area contributed by atoms with Crippen molar-refractivity contribution < 1.29 is 14.0 Å². The maximum absolute atomic E-state index is 5.44. The van der Waals surface area contributed by atoms with Crippen molar-refractivity contribution in [3.05, 3.63) is 24.2 Å². The van der Waals surface area contributed by atoms with E-state index in [1.165, 1.54) is 0 Å². The Bertz CT molecular complexity index is 601. The van der Waals surface area contributed by atoms with Crippen molar-refractivity contribution in [2.24, 2.45) is 0 Å². The molecule has 7 heteroatoms. The van der Waals surface area contributed by atoms with Crippen molar-refractivity contribution in [1.29, 1.82) is 0 Å². The van der Waals surface area contributed by atoms with E-state index >= 15 is 0 Å². The van der Waals surface area contributed by atoms with E-state index in [1.54, 1.807) is 20.2 Å². The summed E-state index contributed by atoms with van der Waals surface area (Å²) in [5.41, 5.74) is 0.842. The average Bonchev–Trinajstić information content (AvgIpc) is 2.95. The van der Waals surface area contributed by atoms with Crippen LogP contribution in [0.2, 0.25) is 0 Å². The van der Waals surface area contributed by atoms with Crippen LogP contribution in [0.5, 0.6) is 0 Å². The van der Waals surface area contributed by atoms with Gasteiger partial charge in [-0.15, -0.1) is 0 Å². The van der Waals surface area contributed by atoms with Crippen molar-refractivity contribution >= 4 is 5.82 Å². The Labute approximate surface area is 122 Å². The van der Waals surface area contributed by atoms with Crippen LogP contribution in [0.25, 0.3) is 11.5 Å². The van der Waals surface area contributed by atoms with Crippen LogP contribution in [0.15, 0.2) is 22.9 Å². The molecule has 0 unspecified atom stereocenters. The van der Waals surface area contributed by atoms with E-state index in [0.717, 1.165) is 24.4 Å². The molecule has 112 valence electrons. The summed E-state index contributed by atoms with van der Waals surface area (Å²) in [5, 5.41) is 7.19. The third kappa shape index (κ3) is 3.20. The van der Waals surface area contributed by atoms with E-state index in [-0.39, 0.29) is 12.1 Å².